The summed E-state index contributed by atoms with van der Waals surface area (Å²) in [5.41, 5.74) is 2.59. The molecule has 1 amide bonds. The number of carbonyl (C=O) groups excluding carboxylic acids is 1. The van der Waals surface area contributed by atoms with Crippen LogP contribution in [0.25, 0.3) is 11.0 Å². The number of hydrogen-bond donors (Lipinski definition) is 2. The quantitative estimate of drug-likeness (QED) is 0.723. The standard InChI is InChI=1S/C17H15N3O2S/c21-16-11-5-1-4-8-14(11)22-15(20-16)9-10-23-17-18-12-6-2-3-7-13(12)19-17/h1-8,15H,9-10H2,(H,18,19)(H,20,21)/t15-/m0/s1. The van der Waals surface area contributed by atoms with Crippen molar-refractivity contribution in [3.05, 3.63) is 54.1 Å². The molecule has 0 saturated carbocycles. The summed E-state index contributed by atoms with van der Waals surface area (Å²) >= 11 is 1.62. The number of benzene rings is 2. The number of rotatable bonds is 4. The molecule has 5 nitrogen and oxygen atoms in total. The summed E-state index contributed by atoms with van der Waals surface area (Å²) in [4.78, 5) is 19.8. The SMILES string of the molecule is O=C1N[C@H](CCSc2nc3ccccc3[nH]2)Oc2ccccc21. The van der Waals surface area contributed by atoms with Crippen molar-refractivity contribution >= 4 is 28.7 Å². The molecule has 3 aromatic rings. The molecule has 0 aliphatic carbocycles. The Morgan fingerprint density at radius 1 is 1.13 bits per heavy atom. The first-order valence-corrected chi connectivity index (χ1v) is 8.42. The van der Waals surface area contributed by atoms with Gasteiger partial charge in [-0.05, 0) is 24.3 Å². The molecule has 0 fully saturated rings. The van der Waals surface area contributed by atoms with Crippen LogP contribution >= 0.6 is 11.8 Å². The van der Waals surface area contributed by atoms with Gasteiger partial charge in [0.2, 0.25) is 0 Å². The van der Waals surface area contributed by atoms with Crippen molar-refractivity contribution in [1.29, 1.82) is 0 Å². The van der Waals surface area contributed by atoms with E-state index in [9.17, 15) is 4.79 Å². The molecule has 4 rings (SSSR count). The molecule has 2 heterocycles. The normalized spacial score (nSPS) is 16.7. The van der Waals surface area contributed by atoms with Gasteiger partial charge < -0.3 is 15.0 Å². The zero-order valence-corrected chi connectivity index (χ0v) is 13.1. The van der Waals surface area contributed by atoms with E-state index in [4.69, 9.17) is 4.74 Å². The highest BCUT2D eigenvalue weighted by atomic mass is 32.2. The average Bonchev–Trinajstić information content (AvgIpc) is 2.98. The van der Waals surface area contributed by atoms with Crippen molar-refractivity contribution in [3.8, 4) is 5.75 Å². The lowest BCUT2D eigenvalue weighted by molar-refractivity contribution is 0.0752. The number of carbonyl (C=O) groups is 1. The van der Waals surface area contributed by atoms with Crippen LogP contribution in [0.3, 0.4) is 0 Å². The molecule has 0 bridgehead atoms. The van der Waals surface area contributed by atoms with Crippen molar-refractivity contribution < 1.29 is 9.53 Å². The smallest absolute Gasteiger partial charge is 0.257 e. The van der Waals surface area contributed by atoms with Crippen LogP contribution in [0.5, 0.6) is 5.75 Å². The van der Waals surface area contributed by atoms with Crippen LogP contribution in [0, 0.1) is 0 Å². The van der Waals surface area contributed by atoms with Crippen LogP contribution in [0.4, 0.5) is 0 Å². The highest BCUT2D eigenvalue weighted by Crippen LogP contribution is 2.25. The van der Waals surface area contributed by atoms with Crippen molar-refractivity contribution in [2.75, 3.05) is 5.75 Å². The first-order chi connectivity index (χ1) is 11.3. The van der Waals surface area contributed by atoms with Crippen LogP contribution in [0.2, 0.25) is 0 Å². The molecular formula is C17H15N3O2S. The number of hydrogen-bond acceptors (Lipinski definition) is 4. The number of H-pyrrole nitrogens is 1. The first kappa shape index (κ1) is 14.1. The molecule has 116 valence electrons. The van der Waals surface area contributed by atoms with Crippen LogP contribution in [-0.4, -0.2) is 27.9 Å². The fraction of sp³-hybridized carbons (Fsp3) is 0.176. The highest BCUT2D eigenvalue weighted by molar-refractivity contribution is 7.99. The van der Waals surface area contributed by atoms with E-state index >= 15 is 0 Å². The first-order valence-electron chi connectivity index (χ1n) is 7.44. The second-order valence-electron chi connectivity index (χ2n) is 5.27. The van der Waals surface area contributed by atoms with Gasteiger partial charge in [-0.25, -0.2) is 4.98 Å². The second kappa shape index (κ2) is 5.96. The van der Waals surface area contributed by atoms with Crippen LogP contribution in [-0.2, 0) is 0 Å². The Hall–Kier alpha value is -2.47. The third kappa shape index (κ3) is 2.90. The summed E-state index contributed by atoms with van der Waals surface area (Å²) in [5.74, 6) is 1.37. The molecule has 1 aromatic heterocycles. The molecule has 2 N–H and O–H groups in total. The Kier molecular flexibility index (Phi) is 3.67. The van der Waals surface area contributed by atoms with E-state index < -0.39 is 0 Å². The molecule has 0 unspecified atom stereocenters. The van der Waals surface area contributed by atoms with E-state index in [1.165, 1.54) is 0 Å². The Labute approximate surface area is 137 Å². The predicted molar refractivity (Wildman–Crippen MR) is 89.8 cm³/mol. The van der Waals surface area contributed by atoms with Gasteiger partial charge in [-0.2, -0.15) is 0 Å². The largest absolute Gasteiger partial charge is 0.470 e. The zero-order chi connectivity index (χ0) is 15.6. The molecular weight excluding hydrogens is 310 g/mol. The number of imidazole rings is 1. The predicted octanol–water partition coefficient (Wildman–Crippen LogP) is 3.19. The Balaban J connectivity index is 1.37. The van der Waals surface area contributed by atoms with E-state index in [1.807, 2.05) is 42.5 Å². The number of para-hydroxylation sites is 3. The van der Waals surface area contributed by atoms with Gasteiger partial charge in [0, 0.05) is 12.2 Å². The number of aromatic amines is 1. The topological polar surface area (TPSA) is 67.0 Å². The van der Waals surface area contributed by atoms with Gasteiger partial charge in [-0.1, -0.05) is 36.0 Å². The third-order valence-corrected chi connectivity index (χ3v) is 4.59. The number of amides is 1. The fourth-order valence-corrected chi connectivity index (χ4v) is 3.43. The Morgan fingerprint density at radius 3 is 2.87 bits per heavy atom. The molecule has 0 spiro atoms. The lowest BCUT2D eigenvalue weighted by Crippen LogP contribution is -2.43. The van der Waals surface area contributed by atoms with E-state index in [2.05, 4.69) is 15.3 Å². The number of aromatic nitrogens is 2. The molecule has 1 atom stereocenters. The maximum absolute atomic E-state index is 12.0. The lowest BCUT2D eigenvalue weighted by Gasteiger charge is -2.26. The number of ether oxygens (including phenoxy) is 1. The Morgan fingerprint density at radius 2 is 1.96 bits per heavy atom. The summed E-state index contributed by atoms with van der Waals surface area (Å²) in [6, 6.07) is 15.2. The zero-order valence-electron chi connectivity index (χ0n) is 12.3. The molecule has 1 aliphatic rings. The van der Waals surface area contributed by atoms with Crippen LogP contribution in [0.1, 0.15) is 16.8 Å². The number of fused-ring (bicyclic) bond motifs is 2. The number of nitrogens with one attached hydrogen (secondary N) is 2. The van der Waals surface area contributed by atoms with Gasteiger partial charge >= 0.3 is 0 Å². The van der Waals surface area contributed by atoms with Crippen molar-refractivity contribution in [3.63, 3.8) is 0 Å². The van der Waals surface area contributed by atoms with Gasteiger partial charge in [-0.15, -0.1) is 0 Å². The summed E-state index contributed by atoms with van der Waals surface area (Å²) in [6.07, 6.45) is 0.413. The Bertz CT molecular complexity index is 829. The van der Waals surface area contributed by atoms with Gasteiger partial charge in [-0.3, -0.25) is 4.79 Å². The van der Waals surface area contributed by atoms with Crippen molar-refractivity contribution in [2.45, 2.75) is 17.8 Å². The maximum Gasteiger partial charge on any atom is 0.257 e. The minimum absolute atomic E-state index is 0.0782. The average molecular weight is 325 g/mol. The molecule has 0 radical (unpaired) electrons. The van der Waals surface area contributed by atoms with Gasteiger partial charge in [0.05, 0.1) is 16.6 Å². The van der Waals surface area contributed by atoms with Crippen molar-refractivity contribution in [1.82, 2.24) is 15.3 Å². The molecule has 2 aromatic carbocycles. The van der Waals surface area contributed by atoms with Crippen LogP contribution in [0.15, 0.2) is 53.7 Å². The van der Waals surface area contributed by atoms with E-state index in [0.29, 0.717) is 17.7 Å². The minimum Gasteiger partial charge on any atom is -0.470 e. The maximum atomic E-state index is 12.0. The summed E-state index contributed by atoms with van der Waals surface area (Å²) in [6.45, 7) is 0. The van der Waals surface area contributed by atoms with Crippen molar-refractivity contribution in [2.24, 2.45) is 0 Å². The summed E-state index contributed by atoms with van der Waals surface area (Å²) in [7, 11) is 0. The molecule has 23 heavy (non-hydrogen) atoms. The molecule has 6 heteroatoms. The fourth-order valence-electron chi connectivity index (χ4n) is 2.56. The molecule has 0 saturated heterocycles. The monoisotopic (exact) mass is 325 g/mol. The van der Waals surface area contributed by atoms with Gasteiger partial charge in [0.15, 0.2) is 11.4 Å². The second-order valence-corrected chi connectivity index (χ2v) is 6.36. The number of thioether (sulfide) groups is 1. The van der Waals surface area contributed by atoms with E-state index in [-0.39, 0.29) is 12.1 Å². The number of nitrogens with zero attached hydrogens (tertiary/aromatic N) is 1. The van der Waals surface area contributed by atoms with Gasteiger partial charge in [0.25, 0.3) is 5.91 Å². The lowest BCUT2D eigenvalue weighted by atomic mass is 10.1. The van der Waals surface area contributed by atoms with Gasteiger partial charge in [0.1, 0.15) is 5.75 Å². The van der Waals surface area contributed by atoms with E-state index in [1.54, 1.807) is 17.8 Å². The third-order valence-electron chi connectivity index (χ3n) is 3.68. The summed E-state index contributed by atoms with van der Waals surface area (Å²) in [5, 5.41) is 3.76. The minimum atomic E-state index is -0.297. The summed E-state index contributed by atoms with van der Waals surface area (Å²) < 4.78 is 5.82. The highest BCUT2D eigenvalue weighted by Gasteiger charge is 2.24. The molecule has 1 aliphatic heterocycles. The van der Waals surface area contributed by atoms with Crippen LogP contribution < -0.4 is 10.1 Å². The van der Waals surface area contributed by atoms with E-state index in [0.717, 1.165) is 21.9 Å².